The molecule has 1 rings (SSSR count). The van der Waals surface area contributed by atoms with E-state index in [1.807, 2.05) is 6.92 Å². The third kappa shape index (κ3) is 5.87. The molecule has 98 valence electrons. The summed E-state index contributed by atoms with van der Waals surface area (Å²) < 4.78 is 0. The van der Waals surface area contributed by atoms with E-state index in [1.54, 1.807) is 0 Å². The van der Waals surface area contributed by atoms with Crippen molar-refractivity contribution in [2.24, 2.45) is 0 Å². The molecular weight excluding hydrogens is 212 g/mol. The summed E-state index contributed by atoms with van der Waals surface area (Å²) in [6, 6.07) is 0.258. The topological polar surface area (TPSA) is 41.1 Å². The van der Waals surface area contributed by atoms with Gasteiger partial charge < -0.3 is 5.32 Å². The minimum Gasteiger partial charge on any atom is -0.355 e. The van der Waals surface area contributed by atoms with Crippen LogP contribution < -0.4 is 10.6 Å². The Morgan fingerprint density at radius 2 is 2.24 bits per heavy atom. The van der Waals surface area contributed by atoms with Crippen molar-refractivity contribution in [1.82, 2.24) is 10.6 Å². The summed E-state index contributed by atoms with van der Waals surface area (Å²) in [6.45, 7) is 4.78. The molecule has 0 bridgehead atoms. The van der Waals surface area contributed by atoms with Crippen LogP contribution in [0, 0.1) is 0 Å². The van der Waals surface area contributed by atoms with Gasteiger partial charge in [0.05, 0.1) is 6.04 Å². The predicted molar refractivity (Wildman–Crippen MR) is 71.9 cm³/mol. The lowest BCUT2D eigenvalue weighted by molar-refractivity contribution is -0.122. The van der Waals surface area contributed by atoms with Gasteiger partial charge in [0.15, 0.2) is 0 Å². The van der Waals surface area contributed by atoms with E-state index in [0.717, 1.165) is 19.4 Å². The third-order valence-electron chi connectivity index (χ3n) is 3.16. The smallest absolute Gasteiger partial charge is 0.236 e. The Bertz CT molecular complexity index is 251. The summed E-state index contributed by atoms with van der Waals surface area (Å²) >= 11 is 0. The standard InChI is InChI=1S/C14H26N2O/c1-3-11-15-14(17)12(2)16-13-9-7-5-4-6-8-10-13/h7,9,12-13,16H,3-6,8,10-11H2,1-2H3,(H,15,17)/b9-7+. The summed E-state index contributed by atoms with van der Waals surface area (Å²) in [5, 5.41) is 6.32. The summed E-state index contributed by atoms with van der Waals surface area (Å²) in [7, 11) is 0. The fourth-order valence-electron chi connectivity index (χ4n) is 2.10. The van der Waals surface area contributed by atoms with E-state index in [1.165, 1.54) is 25.7 Å². The van der Waals surface area contributed by atoms with Gasteiger partial charge in [-0.1, -0.05) is 31.9 Å². The largest absolute Gasteiger partial charge is 0.355 e. The summed E-state index contributed by atoms with van der Waals surface area (Å²) in [5.74, 6) is 0.113. The van der Waals surface area contributed by atoms with Gasteiger partial charge in [0, 0.05) is 12.6 Å². The molecule has 1 aliphatic carbocycles. The second-order valence-electron chi connectivity index (χ2n) is 4.85. The Morgan fingerprint density at radius 3 is 3.00 bits per heavy atom. The van der Waals surface area contributed by atoms with Crippen LogP contribution in [0.15, 0.2) is 12.2 Å². The Kier molecular flexibility index (Phi) is 6.94. The van der Waals surface area contributed by atoms with Gasteiger partial charge in [0.2, 0.25) is 5.91 Å². The van der Waals surface area contributed by atoms with E-state index < -0.39 is 0 Å². The SMILES string of the molecule is CCCNC(=O)C(C)NC1/C=C/CCCCC1. The molecule has 0 radical (unpaired) electrons. The highest BCUT2D eigenvalue weighted by molar-refractivity contribution is 5.81. The predicted octanol–water partition coefficient (Wildman–Crippen LogP) is 2.38. The number of amides is 1. The fourth-order valence-corrected chi connectivity index (χ4v) is 2.10. The van der Waals surface area contributed by atoms with Crippen molar-refractivity contribution in [2.75, 3.05) is 6.54 Å². The molecule has 0 aromatic carbocycles. The van der Waals surface area contributed by atoms with Crippen molar-refractivity contribution in [3.8, 4) is 0 Å². The van der Waals surface area contributed by atoms with Gasteiger partial charge >= 0.3 is 0 Å². The van der Waals surface area contributed by atoms with Crippen molar-refractivity contribution in [2.45, 2.75) is 64.5 Å². The second kappa shape index (κ2) is 8.29. The molecule has 0 fully saturated rings. The number of hydrogen-bond acceptors (Lipinski definition) is 2. The molecule has 0 spiro atoms. The zero-order valence-electron chi connectivity index (χ0n) is 11.2. The number of hydrogen-bond donors (Lipinski definition) is 2. The lowest BCUT2D eigenvalue weighted by Gasteiger charge is -2.21. The highest BCUT2D eigenvalue weighted by Crippen LogP contribution is 2.12. The van der Waals surface area contributed by atoms with Crippen molar-refractivity contribution < 1.29 is 4.79 Å². The van der Waals surface area contributed by atoms with Gasteiger partial charge in [-0.15, -0.1) is 0 Å². The van der Waals surface area contributed by atoms with Crippen molar-refractivity contribution in [3.63, 3.8) is 0 Å². The third-order valence-corrected chi connectivity index (χ3v) is 3.16. The van der Waals surface area contributed by atoms with Gasteiger partial charge in [-0.3, -0.25) is 10.1 Å². The van der Waals surface area contributed by atoms with Gasteiger partial charge in [-0.25, -0.2) is 0 Å². The molecular formula is C14H26N2O. The molecule has 3 heteroatoms. The molecule has 2 atom stereocenters. The number of carbonyl (C=O) groups is 1. The molecule has 2 N–H and O–H groups in total. The molecule has 2 unspecified atom stereocenters. The molecule has 1 aliphatic rings. The zero-order valence-corrected chi connectivity index (χ0v) is 11.2. The molecule has 17 heavy (non-hydrogen) atoms. The van der Waals surface area contributed by atoms with Crippen LogP contribution in [0.1, 0.15) is 52.4 Å². The van der Waals surface area contributed by atoms with E-state index in [0.29, 0.717) is 6.04 Å². The lowest BCUT2D eigenvalue weighted by atomic mass is 10.0. The molecule has 0 aliphatic heterocycles. The van der Waals surface area contributed by atoms with E-state index >= 15 is 0 Å². The zero-order chi connectivity index (χ0) is 12.5. The van der Waals surface area contributed by atoms with Crippen LogP contribution in [0.5, 0.6) is 0 Å². The molecule has 0 saturated heterocycles. The van der Waals surface area contributed by atoms with Crippen molar-refractivity contribution in [3.05, 3.63) is 12.2 Å². The van der Waals surface area contributed by atoms with Crippen LogP contribution in [0.3, 0.4) is 0 Å². The van der Waals surface area contributed by atoms with Crippen LogP contribution >= 0.6 is 0 Å². The van der Waals surface area contributed by atoms with Gasteiger partial charge in [-0.2, -0.15) is 0 Å². The van der Waals surface area contributed by atoms with Crippen LogP contribution in [0.4, 0.5) is 0 Å². The monoisotopic (exact) mass is 238 g/mol. The number of allylic oxidation sites excluding steroid dienone is 1. The molecule has 3 nitrogen and oxygen atoms in total. The molecule has 1 amide bonds. The van der Waals surface area contributed by atoms with Gasteiger partial charge in [0.25, 0.3) is 0 Å². The number of nitrogens with one attached hydrogen (secondary N) is 2. The molecule has 0 aromatic heterocycles. The maximum absolute atomic E-state index is 11.7. The fraction of sp³-hybridized carbons (Fsp3) is 0.786. The Balaban J connectivity index is 2.34. The van der Waals surface area contributed by atoms with Crippen molar-refractivity contribution in [1.29, 1.82) is 0 Å². The van der Waals surface area contributed by atoms with Crippen LogP contribution in [-0.2, 0) is 4.79 Å². The van der Waals surface area contributed by atoms with Gasteiger partial charge in [-0.05, 0) is 32.6 Å². The summed E-state index contributed by atoms with van der Waals surface area (Å²) in [6.07, 6.45) is 11.6. The van der Waals surface area contributed by atoms with Crippen molar-refractivity contribution >= 4 is 5.91 Å². The first-order valence-corrected chi connectivity index (χ1v) is 6.94. The highest BCUT2D eigenvalue weighted by atomic mass is 16.2. The minimum atomic E-state index is -0.101. The maximum atomic E-state index is 11.7. The van der Waals surface area contributed by atoms with Gasteiger partial charge in [0.1, 0.15) is 0 Å². The van der Waals surface area contributed by atoms with E-state index in [4.69, 9.17) is 0 Å². The normalized spacial score (nSPS) is 24.5. The highest BCUT2D eigenvalue weighted by Gasteiger charge is 2.15. The second-order valence-corrected chi connectivity index (χ2v) is 4.85. The first-order chi connectivity index (χ1) is 8.24. The quantitative estimate of drug-likeness (QED) is 0.722. The van der Waals surface area contributed by atoms with Crippen LogP contribution in [0.2, 0.25) is 0 Å². The van der Waals surface area contributed by atoms with E-state index in [2.05, 4.69) is 29.7 Å². The number of rotatable bonds is 5. The molecule has 0 saturated carbocycles. The average Bonchev–Trinajstić information content (AvgIpc) is 2.29. The van der Waals surface area contributed by atoms with E-state index in [9.17, 15) is 4.79 Å². The average molecular weight is 238 g/mol. The van der Waals surface area contributed by atoms with E-state index in [-0.39, 0.29) is 11.9 Å². The lowest BCUT2D eigenvalue weighted by Crippen LogP contribution is -2.46. The minimum absolute atomic E-state index is 0.101. The molecule has 0 aromatic rings. The Morgan fingerprint density at radius 1 is 1.41 bits per heavy atom. The summed E-state index contributed by atoms with van der Waals surface area (Å²) in [4.78, 5) is 11.7. The summed E-state index contributed by atoms with van der Waals surface area (Å²) in [5.41, 5.74) is 0. The molecule has 0 heterocycles. The Hall–Kier alpha value is -0.830. The number of carbonyl (C=O) groups excluding carboxylic acids is 1. The maximum Gasteiger partial charge on any atom is 0.236 e. The first kappa shape index (κ1) is 14.2. The first-order valence-electron chi connectivity index (χ1n) is 6.94. The van der Waals surface area contributed by atoms with Crippen LogP contribution in [0.25, 0.3) is 0 Å². The Labute approximate surface area is 105 Å². The van der Waals surface area contributed by atoms with Crippen LogP contribution in [-0.4, -0.2) is 24.5 Å².